The second-order valence-corrected chi connectivity index (χ2v) is 13.9. The number of hydrogen-bond donors (Lipinski definition) is 2. The first-order valence-corrected chi connectivity index (χ1v) is 13.0. The normalized spacial score (nSPS) is 36.3. The fourth-order valence-electron chi connectivity index (χ4n) is 5.59. The molecule has 2 aliphatic rings. The van der Waals surface area contributed by atoms with Crippen molar-refractivity contribution < 1.29 is 14.6 Å². The van der Waals surface area contributed by atoms with E-state index in [2.05, 4.69) is 33.5 Å². The van der Waals surface area contributed by atoms with Gasteiger partial charge < -0.3 is 14.6 Å². The van der Waals surface area contributed by atoms with E-state index in [1.807, 2.05) is 0 Å². The van der Waals surface area contributed by atoms with Gasteiger partial charge in [0.25, 0.3) is 0 Å². The Labute approximate surface area is 144 Å². The van der Waals surface area contributed by atoms with Gasteiger partial charge in [-0.15, -0.1) is 0 Å². The van der Waals surface area contributed by atoms with Crippen LogP contribution in [0, 0.1) is 29.1 Å². The highest BCUT2D eigenvalue weighted by Gasteiger charge is 2.53. The van der Waals surface area contributed by atoms with E-state index in [0.29, 0.717) is 29.3 Å². The zero-order valence-corrected chi connectivity index (χ0v) is 16.8. The highest BCUT2D eigenvalue weighted by atomic mass is 28.4. The lowest BCUT2D eigenvalue weighted by atomic mass is 9.61. The average Bonchev–Trinajstić information content (AvgIpc) is 2.81. The van der Waals surface area contributed by atoms with E-state index < -0.39 is 8.32 Å². The Morgan fingerprint density at radius 2 is 1.78 bits per heavy atom. The molecule has 0 saturated heterocycles. The monoisotopic (exact) mass is 342 g/mol. The summed E-state index contributed by atoms with van der Waals surface area (Å²) in [5.74, 6) is 2.03. The van der Waals surface area contributed by atoms with Crippen LogP contribution in [-0.2, 0) is 4.43 Å². The molecule has 0 radical (unpaired) electrons. The minimum Gasteiger partial charge on any atom is -0.414 e. The van der Waals surface area contributed by atoms with E-state index in [1.54, 1.807) is 0 Å². The molecule has 3 nitrogen and oxygen atoms in total. The first kappa shape index (κ1) is 19.4. The molecule has 2 aliphatic carbocycles. The van der Waals surface area contributed by atoms with Gasteiger partial charge in [0.1, 0.15) is 0 Å². The maximum absolute atomic E-state index is 9.41. The lowest BCUT2D eigenvalue weighted by Gasteiger charge is -2.48. The SMILES string of the molecule is CC(CC(CO)CO)C1CCC2C(O[Si](C)(C)C)CCCC12C. The Morgan fingerprint density at radius 1 is 1.13 bits per heavy atom. The van der Waals surface area contributed by atoms with E-state index in [9.17, 15) is 10.2 Å². The smallest absolute Gasteiger partial charge is 0.184 e. The summed E-state index contributed by atoms with van der Waals surface area (Å²) >= 11 is 0. The van der Waals surface area contributed by atoms with Crippen LogP contribution >= 0.6 is 0 Å². The first-order valence-electron chi connectivity index (χ1n) is 9.60. The van der Waals surface area contributed by atoms with Crippen LogP contribution in [0.2, 0.25) is 19.6 Å². The van der Waals surface area contributed by atoms with Crippen molar-refractivity contribution >= 4 is 8.32 Å². The second-order valence-electron chi connectivity index (χ2n) is 9.40. The molecule has 2 fully saturated rings. The Hall–Kier alpha value is 0.0969. The summed E-state index contributed by atoms with van der Waals surface area (Å²) in [5, 5.41) is 18.8. The fourth-order valence-corrected chi connectivity index (χ4v) is 6.78. The van der Waals surface area contributed by atoms with Crippen LogP contribution in [0.5, 0.6) is 0 Å². The minimum absolute atomic E-state index is 0.0465. The van der Waals surface area contributed by atoms with Crippen molar-refractivity contribution in [2.75, 3.05) is 13.2 Å². The van der Waals surface area contributed by atoms with Gasteiger partial charge in [-0.25, -0.2) is 0 Å². The summed E-state index contributed by atoms with van der Waals surface area (Å²) in [6.45, 7) is 12.0. The second kappa shape index (κ2) is 7.55. The Bertz CT molecular complexity index is 377. The molecule has 0 spiro atoms. The number of aliphatic hydroxyl groups excluding tert-OH is 2. The predicted molar refractivity (Wildman–Crippen MR) is 97.8 cm³/mol. The summed E-state index contributed by atoms with van der Waals surface area (Å²) in [7, 11) is -1.49. The van der Waals surface area contributed by atoms with E-state index in [4.69, 9.17) is 4.43 Å². The third-order valence-corrected chi connectivity index (χ3v) is 7.56. The number of aliphatic hydroxyl groups is 2. The van der Waals surface area contributed by atoms with Crippen LogP contribution in [-0.4, -0.2) is 37.8 Å². The van der Waals surface area contributed by atoms with Crippen LogP contribution in [0.15, 0.2) is 0 Å². The van der Waals surface area contributed by atoms with Gasteiger partial charge in [0.05, 0.1) is 0 Å². The summed E-state index contributed by atoms with van der Waals surface area (Å²) in [5.41, 5.74) is 0.386. The van der Waals surface area contributed by atoms with Gasteiger partial charge >= 0.3 is 0 Å². The van der Waals surface area contributed by atoms with Gasteiger partial charge in [-0.2, -0.15) is 0 Å². The molecule has 0 amide bonds. The van der Waals surface area contributed by atoms with Gasteiger partial charge in [-0.05, 0) is 74.9 Å². The van der Waals surface area contributed by atoms with Crippen molar-refractivity contribution in [3.63, 3.8) is 0 Å². The topological polar surface area (TPSA) is 49.7 Å². The molecule has 0 aliphatic heterocycles. The van der Waals surface area contributed by atoms with Crippen molar-refractivity contribution in [3.05, 3.63) is 0 Å². The summed E-state index contributed by atoms with van der Waals surface area (Å²) in [4.78, 5) is 0. The lowest BCUT2D eigenvalue weighted by molar-refractivity contribution is -0.0222. The van der Waals surface area contributed by atoms with Crippen molar-refractivity contribution in [2.45, 2.75) is 78.1 Å². The standard InChI is InChI=1S/C19H38O3Si/c1-14(11-15(12-20)13-21)16-8-9-17-18(22-23(3,4)5)7-6-10-19(16,17)2/h14-18,20-21H,6-13H2,1-5H3. The molecule has 5 atom stereocenters. The zero-order valence-electron chi connectivity index (χ0n) is 15.8. The molecule has 0 aromatic rings. The van der Waals surface area contributed by atoms with Crippen molar-refractivity contribution in [1.29, 1.82) is 0 Å². The molecule has 2 rings (SSSR count). The molecule has 0 aromatic carbocycles. The van der Waals surface area contributed by atoms with Gasteiger partial charge in [-0.1, -0.05) is 20.3 Å². The van der Waals surface area contributed by atoms with Crippen molar-refractivity contribution in [1.82, 2.24) is 0 Å². The van der Waals surface area contributed by atoms with Crippen LogP contribution in [0.1, 0.15) is 52.4 Å². The molecule has 0 aromatic heterocycles. The Morgan fingerprint density at radius 3 is 2.35 bits per heavy atom. The van der Waals surface area contributed by atoms with Gasteiger partial charge in [0.15, 0.2) is 8.32 Å². The van der Waals surface area contributed by atoms with Crippen molar-refractivity contribution in [2.24, 2.45) is 29.1 Å². The molecule has 0 bridgehead atoms. The third-order valence-electron chi connectivity index (χ3n) is 6.55. The fraction of sp³-hybridized carbons (Fsp3) is 1.00. The van der Waals surface area contributed by atoms with E-state index in [0.717, 1.165) is 6.42 Å². The molecule has 0 heterocycles. The van der Waals surface area contributed by atoms with Gasteiger partial charge in [0.2, 0.25) is 0 Å². The van der Waals surface area contributed by atoms with Crippen LogP contribution in [0.3, 0.4) is 0 Å². The summed E-state index contributed by atoms with van der Waals surface area (Å²) < 4.78 is 6.57. The lowest BCUT2D eigenvalue weighted by Crippen LogP contribution is -2.46. The largest absolute Gasteiger partial charge is 0.414 e. The minimum atomic E-state index is -1.49. The molecular weight excluding hydrogens is 304 g/mol. The quantitative estimate of drug-likeness (QED) is 0.686. The summed E-state index contributed by atoms with van der Waals surface area (Å²) in [6, 6.07) is 0. The van der Waals surface area contributed by atoms with Crippen LogP contribution in [0.25, 0.3) is 0 Å². The molecule has 23 heavy (non-hydrogen) atoms. The van der Waals surface area contributed by atoms with Gasteiger partial charge in [0, 0.05) is 25.2 Å². The molecule has 136 valence electrons. The maximum Gasteiger partial charge on any atom is 0.184 e. The third kappa shape index (κ3) is 4.39. The van der Waals surface area contributed by atoms with E-state index in [-0.39, 0.29) is 19.1 Å². The highest BCUT2D eigenvalue weighted by molar-refractivity contribution is 6.69. The highest BCUT2D eigenvalue weighted by Crippen LogP contribution is 2.59. The van der Waals surface area contributed by atoms with Crippen LogP contribution < -0.4 is 0 Å². The predicted octanol–water partition coefficient (Wildman–Crippen LogP) is 4.05. The van der Waals surface area contributed by atoms with Crippen molar-refractivity contribution in [3.8, 4) is 0 Å². The Balaban J connectivity index is 2.08. The van der Waals surface area contributed by atoms with E-state index in [1.165, 1.54) is 32.1 Å². The molecule has 2 saturated carbocycles. The molecular formula is C19H38O3Si. The van der Waals surface area contributed by atoms with E-state index >= 15 is 0 Å². The number of fused-ring (bicyclic) bond motifs is 1. The first-order chi connectivity index (χ1) is 10.7. The zero-order chi connectivity index (χ0) is 17.3. The Kier molecular flexibility index (Phi) is 6.37. The molecule has 5 unspecified atom stereocenters. The molecule has 2 N–H and O–H groups in total. The average molecular weight is 343 g/mol. The van der Waals surface area contributed by atoms with Gasteiger partial charge in [-0.3, -0.25) is 0 Å². The molecule has 4 heteroatoms. The summed E-state index contributed by atoms with van der Waals surface area (Å²) in [6.07, 6.45) is 7.84. The number of hydrogen-bond acceptors (Lipinski definition) is 3. The van der Waals surface area contributed by atoms with Crippen LogP contribution in [0.4, 0.5) is 0 Å². The maximum atomic E-state index is 9.41. The number of rotatable bonds is 7.